The Bertz CT molecular complexity index is 1280. The first kappa shape index (κ1) is 26.3. The van der Waals surface area contributed by atoms with Gasteiger partial charge in [0.05, 0.1) is 24.5 Å². The minimum absolute atomic E-state index is 0.0295. The summed E-state index contributed by atoms with van der Waals surface area (Å²) in [5.41, 5.74) is 0.425. The predicted octanol–water partition coefficient (Wildman–Crippen LogP) is 4.43. The molecule has 0 spiro atoms. The molecule has 10 nitrogen and oxygen atoms in total. The van der Waals surface area contributed by atoms with Gasteiger partial charge in [0.15, 0.2) is 17.2 Å². The van der Waals surface area contributed by atoms with Gasteiger partial charge >= 0.3 is 12.1 Å². The van der Waals surface area contributed by atoms with Gasteiger partial charge in [-0.2, -0.15) is 0 Å². The van der Waals surface area contributed by atoms with Gasteiger partial charge < -0.3 is 19.7 Å². The zero-order valence-electron chi connectivity index (χ0n) is 21.9. The van der Waals surface area contributed by atoms with E-state index in [-0.39, 0.29) is 44.8 Å². The number of halogens is 1. The lowest BCUT2D eigenvalue weighted by atomic mass is 9.93. The molecule has 0 radical (unpaired) electrons. The van der Waals surface area contributed by atoms with E-state index in [1.807, 2.05) is 12.1 Å². The average molecular weight is 513 g/mol. The van der Waals surface area contributed by atoms with Crippen molar-refractivity contribution >= 4 is 23.5 Å². The fourth-order valence-corrected chi connectivity index (χ4v) is 4.17. The molecule has 0 aromatic carbocycles. The molecular formula is C26H33FN6O4. The van der Waals surface area contributed by atoms with Gasteiger partial charge in [-0.05, 0) is 46.8 Å². The first-order valence-corrected chi connectivity index (χ1v) is 12.4. The van der Waals surface area contributed by atoms with Gasteiger partial charge in [0.1, 0.15) is 11.3 Å². The normalized spacial score (nSPS) is 15.5. The number of aromatic nitrogens is 4. The summed E-state index contributed by atoms with van der Waals surface area (Å²) in [5, 5.41) is 3.13. The number of hydrogen-bond donors (Lipinski definition) is 1. The molecular weight excluding hydrogens is 479 g/mol. The molecule has 1 aliphatic rings. The van der Waals surface area contributed by atoms with Crippen LogP contribution in [0.25, 0.3) is 16.9 Å². The van der Waals surface area contributed by atoms with Crippen molar-refractivity contribution in [3.8, 4) is 11.3 Å². The summed E-state index contributed by atoms with van der Waals surface area (Å²) < 4.78 is 28.1. The lowest BCUT2D eigenvalue weighted by molar-refractivity contribution is 0.00572. The summed E-state index contributed by atoms with van der Waals surface area (Å²) in [5.74, 6) is -0.184. The number of aryl methyl sites for hydroxylation is 1. The predicted molar refractivity (Wildman–Crippen MR) is 136 cm³/mol. The van der Waals surface area contributed by atoms with E-state index in [9.17, 15) is 9.59 Å². The van der Waals surface area contributed by atoms with Crippen molar-refractivity contribution in [2.75, 3.05) is 31.6 Å². The van der Waals surface area contributed by atoms with Crippen LogP contribution in [0.4, 0.5) is 15.0 Å². The fourth-order valence-electron chi connectivity index (χ4n) is 4.17. The summed E-state index contributed by atoms with van der Waals surface area (Å²) in [6, 6.07) is 3.64. The van der Waals surface area contributed by atoms with Crippen LogP contribution in [0.2, 0.25) is 0 Å². The number of piperidine rings is 1. The highest BCUT2D eigenvalue weighted by atomic mass is 19.1. The number of fused-ring (bicyclic) bond motifs is 1. The molecule has 0 aliphatic carbocycles. The molecule has 4 rings (SSSR count). The molecule has 1 saturated heterocycles. The van der Waals surface area contributed by atoms with Crippen molar-refractivity contribution in [3.05, 3.63) is 42.1 Å². The minimum Gasteiger partial charge on any atom is -0.461 e. The van der Waals surface area contributed by atoms with Crippen LogP contribution in [-0.2, 0) is 9.47 Å². The highest BCUT2D eigenvalue weighted by molar-refractivity contribution is 5.90. The Labute approximate surface area is 215 Å². The Morgan fingerprint density at radius 1 is 1.16 bits per heavy atom. The number of imidazole rings is 1. The second kappa shape index (κ2) is 10.3. The summed E-state index contributed by atoms with van der Waals surface area (Å²) in [6.45, 7) is 9.61. The molecule has 0 bridgehead atoms. The molecule has 1 N–H and O–H groups in total. The molecule has 3 aromatic rings. The summed E-state index contributed by atoms with van der Waals surface area (Å²) in [6.07, 6.45) is 4.98. The second-order valence-electron chi connectivity index (χ2n) is 10.1. The molecule has 37 heavy (non-hydrogen) atoms. The largest absolute Gasteiger partial charge is 0.461 e. The molecule has 3 aromatic heterocycles. The first-order valence-electron chi connectivity index (χ1n) is 12.4. The van der Waals surface area contributed by atoms with E-state index in [1.165, 1.54) is 4.90 Å². The van der Waals surface area contributed by atoms with Crippen molar-refractivity contribution in [1.29, 1.82) is 0 Å². The molecule has 1 amide bonds. The van der Waals surface area contributed by atoms with Gasteiger partial charge in [-0.15, -0.1) is 0 Å². The Kier molecular flexibility index (Phi) is 7.33. The monoisotopic (exact) mass is 512 g/mol. The Balaban J connectivity index is 1.58. The van der Waals surface area contributed by atoms with E-state index in [4.69, 9.17) is 14.5 Å². The van der Waals surface area contributed by atoms with Crippen LogP contribution >= 0.6 is 0 Å². The molecule has 4 heterocycles. The molecule has 0 atom stereocenters. The van der Waals surface area contributed by atoms with Crippen LogP contribution in [0, 0.1) is 6.92 Å². The van der Waals surface area contributed by atoms with E-state index in [2.05, 4.69) is 15.3 Å². The van der Waals surface area contributed by atoms with Crippen molar-refractivity contribution in [3.63, 3.8) is 0 Å². The number of carbonyl (C=O) groups is 2. The van der Waals surface area contributed by atoms with Crippen molar-refractivity contribution in [1.82, 2.24) is 24.3 Å². The Hall–Kier alpha value is -3.76. The topological polar surface area (TPSA) is 111 Å². The number of amides is 1. The van der Waals surface area contributed by atoms with E-state index in [0.29, 0.717) is 22.9 Å². The molecule has 198 valence electrons. The van der Waals surface area contributed by atoms with Crippen LogP contribution < -0.4 is 5.32 Å². The highest BCUT2D eigenvalue weighted by Gasteiger charge is 2.37. The van der Waals surface area contributed by atoms with E-state index in [1.54, 1.807) is 57.6 Å². The van der Waals surface area contributed by atoms with Gasteiger partial charge in [0.2, 0.25) is 0 Å². The third-order valence-electron chi connectivity index (χ3n) is 6.17. The van der Waals surface area contributed by atoms with Crippen LogP contribution in [0.3, 0.4) is 0 Å². The number of ether oxygens (including phenoxy) is 2. The number of hydrogen-bond acceptors (Lipinski definition) is 8. The van der Waals surface area contributed by atoms with Crippen molar-refractivity contribution < 1.29 is 23.5 Å². The van der Waals surface area contributed by atoms with Crippen molar-refractivity contribution in [2.24, 2.45) is 0 Å². The standard InChI is InChI=1S/C26H33FN6O4/c1-6-36-23(34)20-17(2)33-15-19(18-7-11-28-12-8-18)30-21(22(33)31-20)29-16-26(27)9-13-32(14-10-26)24(35)37-25(3,4)5/h7-8,11-12,15H,6,9-10,13-14,16H2,1-5H3,(H,29,30). The van der Waals surface area contributed by atoms with Crippen LogP contribution in [-0.4, -0.2) is 73.8 Å². The highest BCUT2D eigenvalue weighted by Crippen LogP contribution is 2.30. The zero-order chi connectivity index (χ0) is 26.8. The number of esters is 1. The summed E-state index contributed by atoms with van der Waals surface area (Å²) in [4.78, 5) is 39.6. The molecule has 0 unspecified atom stereocenters. The van der Waals surface area contributed by atoms with Gasteiger partial charge in [-0.3, -0.25) is 9.38 Å². The lowest BCUT2D eigenvalue weighted by Gasteiger charge is -2.37. The summed E-state index contributed by atoms with van der Waals surface area (Å²) >= 11 is 0. The smallest absolute Gasteiger partial charge is 0.410 e. The maximum Gasteiger partial charge on any atom is 0.410 e. The van der Waals surface area contributed by atoms with Gasteiger partial charge in [-0.25, -0.2) is 23.9 Å². The SMILES string of the molecule is CCOC(=O)c1nc2c(NCC3(F)CCN(C(=O)OC(C)(C)C)CC3)nc(-c3ccncc3)cn2c1C. The number of likely N-dealkylation sites (tertiary alicyclic amines) is 1. The number of carbonyl (C=O) groups excluding carboxylic acids is 2. The van der Waals surface area contributed by atoms with Crippen LogP contribution in [0.1, 0.15) is 56.7 Å². The van der Waals surface area contributed by atoms with Gasteiger partial charge in [0, 0.05) is 50.1 Å². The second-order valence-corrected chi connectivity index (χ2v) is 10.1. The van der Waals surface area contributed by atoms with Gasteiger partial charge in [0.25, 0.3) is 0 Å². The number of rotatable bonds is 6. The minimum atomic E-state index is -1.56. The van der Waals surface area contributed by atoms with Crippen LogP contribution in [0.5, 0.6) is 0 Å². The quantitative estimate of drug-likeness (QED) is 0.483. The number of pyridine rings is 1. The fraction of sp³-hybridized carbons (Fsp3) is 0.500. The molecule has 1 aliphatic heterocycles. The van der Waals surface area contributed by atoms with Gasteiger partial charge in [-0.1, -0.05) is 0 Å². The third-order valence-corrected chi connectivity index (χ3v) is 6.17. The Morgan fingerprint density at radius 2 is 1.84 bits per heavy atom. The lowest BCUT2D eigenvalue weighted by Crippen LogP contribution is -2.48. The molecule has 0 saturated carbocycles. The number of alkyl halides is 1. The number of anilines is 1. The maximum absolute atomic E-state index is 15.8. The van der Waals surface area contributed by atoms with E-state index < -0.39 is 23.3 Å². The Morgan fingerprint density at radius 3 is 2.46 bits per heavy atom. The molecule has 1 fully saturated rings. The van der Waals surface area contributed by atoms with E-state index >= 15 is 4.39 Å². The first-order chi connectivity index (χ1) is 17.5. The molecule has 11 heteroatoms. The maximum atomic E-state index is 15.8. The third kappa shape index (κ3) is 5.98. The zero-order valence-corrected chi connectivity index (χ0v) is 21.9. The number of nitrogens with one attached hydrogen (secondary N) is 1. The average Bonchev–Trinajstić information content (AvgIpc) is 3.19. The van der Waals surface area contributed by atoms with Crippen LogP contribution in [0.15, 0.2) is 30.7 Å². The number of nitrogens with zero attached hydrogens (tertiary/aromatic N) is 5. The van der Waals surface area contributed by atoms with E-state index in [0.717, 1.165) is 5.56 Å². The summed E-state index contributed by atoms with van der Waals surface area (Å²) in [7, 11) is 0. The van der Waals surface area contributed by atoms with Crippen molar-refractivity contribution in [2.45, 2.75) is 58.7 Å².